The van der Waals surface area contributed by atoms with E-state index in [9.17, 15) is 0 Å². The van der Waals surface area contributed by atoms with Gasteiger partial charge in [-0.25, -0.2) is 4.68 Å². The van der Waals surface area contributed by atoms with Crippen LogP contribution in [0.15, 0.2) is 24.3 Å². The molecular formula is C13H12ClN3O. The zero-order valence-corrected chi connectivity index (χ0v) is 10.9. The normalized spacial score (nSPS) is 10.1. The van der Waals surface area contributed by atoms with E-state index in [1.165, 1.54) is 0 Å². The molecular weight excluding hydrogens is 250 g/mol. The smallest absolute Gasteiger partial charge is 0.137 e. The Kier molecular flexibility index (Phi) is 3.54. The number of ether oxygens (including phenoxy) is 1. The molecule has 5 heteroatoms. The third-order valence-electron chi connectivity index (χ3n) is 2.58. The van der Waals surface area contributed by atoms with Crippen LogP contribution in [-0.2, 0) is 6.42 Å². The van der Waals surface area contributed by atoms with E-state index in [-0.39, 0.29) is 0 Å². The molecule has 0 fully saturated rings. The Bertz CT molecular complexity index is 613. The summed E-state index contributed by atoms with van der Waals surface area (Å²) in [7, 11) is 1.57. The van der Waals surface area contributed by atoms with Gasteiger partial charge in [0.25, 0.3) is 0 Å². The number of hydrogen-bond acceptors (Lipinski definition) is 3. The van der Waals surface area contributed by atoms with Crippen LogP contribution in [0, 0.1) is 18.3 Å². The maximum absolute atomic E-state index is 8.67. The summed E-state index contributed by atoms with van der Waals surface area (Å²) < 4.78 is 6.87. The SMILES string of the molecule is COc1ccc(-n2nc(CC#N)cc2C)cc1Cl. The zero-order chi connectivity index (χ0) is 13.1. The molecule has 2 aromatic rings. The van der Waals surface area contributed by atoms with Gasteiger partial charge in [-0.3, -0.25) is 0 Å². The lowest BCUT2D eigenvalue weighted by Gasteiger charge is -2.07. The van der Waals surface area contributed by atoms with E-state index < -0.39 is 0 Å². The van der Waals surface area contributed by atoms with E-state index >= 15 is 0 Å². The summed E-state index contributed by atoms with van der Waals surface area (Å²) in [4.78, 5) is 0. The van der Waals surface area contributed by atoms with Gasteiger partial charge in [0.15, 0.2) is 0 Å². The predicted molar refractivity (Wildman–Crippen MR) is 69.2 cm³/mol. The van der Waals surface area contributed by atoms with Crippen molar-refractivity contribution in [1.82, 2.24) is 9.78 Å². The van der Waals surface area contributed by atoms with Gasteiger partial charge in [0, 0.05) is 5.69 Å². The molecule has 0 atom stereocenters. The van der Waals surface area contributed by atoms with E-state index in [4.69, 9.17) is 21.6 Å². The van der Waals surface area contributed by atoms with Crippen molar-refractivity contribution in [2.24, 2.45) is 0 Å². The van der Waals surface area contributed by atoms with Crippen LogP contribution < -0.4 is 4.74 Å². The highest BCUT2D eigenvalue weighted by atomic mass is 35.5. The number of methoxy groups -OCH3 is 1. The Morgan fingerprint density at radius 1 is 1.44 bits per heavy atom. The molecule has 0 radical (unpaired) electrons. The summed E-state index contributed by atoms with van der Waals surface area (Å²) >= 11 is 6.08. The molecule has 2 rings (SSSR count). The van der Waals surface area contributed by atoms with Crippen LogP contribution in [0.2, 0.25) is 5.02 Å². The number of hydrogen-bond donors (Lipinski definition) is 0. The number of benzene rings is 1. The number of aryl methyl sites for hydroxylation is 1. The van der Waals surface area contributed by atoms with Crippen LogP contribution in [0.3, 0.4) is 0 Å². The summed E-state index contributed by atoms with van der Waals surface area (Å²) in [6.07, 6.45) is 0.303. The molecule has 1 aromatic carbocycles. The quantitative estimate of drug-likeness (QED) is 0.854. The minimum atomic E-state index is 0.303. The van der Waals surface area contributed by atoms with Gasteiger partial charge in [-0.1, -0.05) is 11.6 Å². The molecule has 0 amide bonds. The van der Waals surface area contributed by atoms with Gasteiger partial charge in [0.2, 0.25) is 0 Å². The van der Waals surface area contributed by atoms with Crippen LogP contribution in [0.1, 0.15) is 11.4 Å². The Hall–Kier alpha value is -1.99. The molecule has 0 N–H and O–H groups in total. The fourth-order valence-electron chi connectivity index (χ4n) is 1.75. The Balaban J connectivity index is 2.42. The minimum absolute atomic E-state index is 0.303. The van der Waals surface area contributed by atoms with Crippen LogP contribution in [0.4, 0.5) is 0 Å². The highest BCUT2D eigenvalue weighted by molar-refractivity contribution is 6.32. The topological polar surface area (TPSA) is 50.8 Å². The molecule has 0 aliphatic heterocycles. The van der Waals surface area contributed by atoms with Gasteiger partial charge in [0.05, 0.1) is 36.0 Å². The lowest BCUT2D eigenvalue weighted by molar-refractivity contribution is 0.415. The molecule has 0 bridgehead atoms. The predicted octanol–water partition coefficient (Wildman–Crippen LogP) is 2.91. The minimum Gasteiger partial charge on any atom is -0.495 e. The Morgan fingerprint density at radius 2 is 2.22 bits per heavy atom. The monoisotopic (exact) mass is 261 g/mol. The summed E-state index contributed by atoms with van der Waals surface area (Å²) in [5.74, 6) is 0.627. The number of nitriles is 1. The van der Waals surface area contributed by atoms with Crippen molar-refractivity contribution in [3.63, 3.8) is 0 Å². The average molecular weight is 262 g/mol. The summed E-state index contributed by atoms with van der Waals surface area (Å²) in [6.45, 7) is 1.94. The standard InChI is InChI=1S/C13H12ClN3O/c1-9-7-10(5-6-15)16-17(9)11-3-4-13(18-2)12(14)8-11/h3-4,7-8H,5H2,1-2H3. The summed E-state index contributed by atoms with van der Waals surface area (Å²) in [6, 6.07) is 9.43. The molecule has 0 saturated carbocycles. The molecule has 1 aromatic heterocycles. The van der Waals surface area contributed by atoms with Gasteiger partial charge in [0.1, 0.15) is 5.75 Å². The van der Waals surface area contributed by atoms with Gasteiger partial charge < -0.3 is 4.74 Å². The molecule has 0 aliphatic rings. The fourth-order valence-corrected chi connectivity index (χ4v) is 2.01. The second-order valence-corrected chi connectivity index (χ2v) is 4.25. The molecule has 4 nitrogen and oxygen atoms in total. The van der Waals surface area contributed by atoms with Crippen molar-refractivity contribution in [2.75, 3.05) is 7.11 Å². The average Bonchev–Trinajstić information content (AvgIpc) is 2.71. The molecule has 0 spiro atoms. The van der Waals surface area contributed by atoms with E-state index in [2.05, 4.69) is 11.2 Å². The summed E-state index contributed by atoms with van der Waals surface area (Å²) in [5, 5.41) is 13.6. The van der Waals surface area contributed by atoms with Gasteiger partial charge in [-0.05, 0) is 31.2 Å². The van der Waals surface area contributed by atoms with Gasteiger partial charge >= 0.3 is 0 Å². The van der Waals surface area contributed by atoms with E-state index in [1.54, 1.807) is 23.9 Å². The third kappa shape index (κ3) is 2.31. The van der Waals surface area contributed by atoms with E-state index in [0.29, 0.717) is 17.2 Å². The molecule has 18 heavy (non-hydrogen) atoms. The van der Waals surface area contributed by atoms with Crippen molar-refractivity contribution >= 4 is 11.6 Å². The molecule has 0 aliphatic carbocycles. The highest BCUT2D eigenvalue weighted by Gasteiger charge is 2.08. The van der Waals surface area contributed by atoms with E-state index in [0.717, 1.165) is 17.1 Å². The molecule has 92 valence electrons. The van der Waals surface area contributed by atoms with Crippen LogP contribution >= 0.6 is 11.6 Å². The summed E-state index contributed by atoms with van der Waals surface area (Å²) in [5.41, 5.74) is 2.56. The first-order valence-electron chi connectivity index (χ1n) is 5.42. The highest BCUT2D eigenvalue weighted by Crippen LogP contribution is 2.27. The fraction of sp³-hybridized carbons (Fsp3) is 0.231. The first-order valence-corrected chi connectivity index (χ1v) is 5.80. The zero-order valence-electron chi connectivity index (χ0n) is 10.1. The molecule has 1 heterocycles. The van der Waals surface area contributed by atoms with E-state index in [1.807, 2.05) is 19.1 Å². The second-order valence-electron chi connectivity index (χ2n) is 3.84. The van der Waals surface area contributed by atoms with Crippen molar-refractivity contribution in [3.05, 3.63) is 40.7 Å². The van der Waals surface area contributed by atoms with Crippen molar-refractivity contribution in [3.8, 4) is 17.5 Å². The van der Waals surface area contributed by atoms with Gasteiger partial charge in [-0.15, -0.1) is 0 Å². The molecule has 0 unspecified atom stereocenters. The van der Waals surface area contributed by atoms with Crippen LogP contribution in [0.25, 0.3) is 5.69 Å². The maximum Gasteiger partial charge on any atom is 0.137 e. The number of halogens is 1. The van der Waals surface area contributed by atoms with Crippen LogP contribution in [0.5, 0.6) is 5.75 Å². The number of aromatic nitrogens is 2. The largest absolute Gasteiger partial charge is 0.495 e. The Labute approximate surface area is 110 Å². The van der Waals surface area contributed by atoms with Crippen molar-refractivity contribution in [1.29, 1.82) is 5.26 Å². The maximum atomic E-state index is 8.67. The van der Waals surface area contributed by atoms with Gasteiger partial charge in [-0.2, -0.15) is 10.4 Å². The van der Waals surface area contributed by atoms with Crippen LogP contribution in [-0.4, -0.2) is 16.9 Å². The van der Waals surface area contributed by atoms with Crippen molar-refractivity contribution in [2.45, 2.75) is 13.3 Å². The number of nitrogens with zero attached hydrogens (tertiary/aromatic N) is 3. The lowest BCUT2D eigenvalue weighted by Crippen LogP contribution is -1.99. The first kappa shape index (κ1) is 12.5. The molecule has 0 saturated heterocycles. The third-order valence-corrected chi connectivity index (χ3v) is 2.87. The second kappa shape index (κ2) is 5.11. The number of rotatable bonds is 3. The lowest BCUT2D eigenvalue weighted by atomic mass is 10.3. The first-order chi connectivity index (χ1) is 8.65. The Morgan fingerprint density at radius 3 is 2.83 bits per heavy atom. The van der Waals surface area contributed by atoms with Crippen molar-refractivity contribution < 1.29 is 4.74 Å².